The van der Waals surface area contributed by atoms with Crippen LogP contribution in [-0.2, 0) is 9.13 Å². The van der Waals surface area contributed by atoms with E-state index in [1.807, 2.05) is 0 Å². The van der Waals surface area contributed by atoms with E-state index in [4.69, 9.17) is 9.05 Å². The van der Waals surface area contributed by atoms with Gasteiger partial charge >= 0.3 is 75.4 Å². The van der Waals surface area contributed by atoms with Gasteiger partial charge in [-0.15, -0.1) is 0 Å². The van der Waals surface area contributed by atoms with Crippen molar-refractivity contribution in [1.29, 1.82) is 0 Å². The molecule has 14 heteroatoms. The number of hydrogen-bond acceptors (Lipinski definition) is 8. The first-order valence-corrected chi connectivity index (χ1v) is 21.1. The van der Waals surface area contributed by atoms with Gasteiger partial charge in [-0.1, -0.05) is 72.8 Å². The zero-order valence-corrected chi connectivity index (χ0v) is 33.3. The summed E-state index contributed by atoms with van der Waals surface area (Å²) in [6.07, 6.45) is 3.10. The predicted octanol–water partition coefficient (Wildman–Crippen LogP) is -5.96. The van der Waals surface area contributed by atoms with Gasteiger partial charge in [-0.2, -0.15) is 0 Å². The predicted molar refractivity (Wildman–Crippen MR) is 182 cm³/mol. The van der Waals surface area contributed by atoms with Crippen molar-refractivity contribution in [2.45, 2.75) is 73.0 Å². The molecule has 5 aromatic carbocycles. The molecule has 0 spiro atoms. The molecule has 8 aliphatic carbocycles. The van der Waals surface area contributed by atoms with Crippen LogP contribution in [0.2, 0.25) is 0 Å². The maximum atomic E-state index is 12.6. The van der Waals surface area contributed by atoms with E-state index in [9.17, 15) is 28.7 Å². The van der Waals surface area contributed by atoms with E-state index in [1.54, 1.807) is 0 Å². The number of phosphoric ester groups is 2. The van der Waals surface area contributed by atoms with Crippen LogP contribution >= 0.6 is 15.6 Å². The van der Waals surface area contributed by atoms with Crippen molar-refractivity contribution < 1.29 is 113 Å². The number of fused-ring (bicyclic) bond motifs is 32. The first-order chi connectivity index (χ1) is 25.0. The molecule has 0 unspecified atom stereocenters. The second-order valence-electron chi connectivity index (χ2n) is 16.2. The fraction of sp³-hybridized carbons (Fsp3) is 0.286. The van der Waals surface area contributed by atoms with Gasteiger partial charge in [0.25, 0.3) is 0 Å². The Morgan fingerprint density at radius 2 is 0.589 bits per heavy atom. The van der Waals surface area contributed by atoms with Gasteiger partial charge in [-0.05, 0) is 92.4 Å². The van der Waals surface area contributed by atoms with Crippen molar-refractivity contribution in [3.63, 3.8) is 0 Å². The molecule has 258 valence electrons. The van der Waals surface area contributed by atoms with Gasteiger partial charge in [0.15, 0.2) is 0 Å². The molecule has 8 atom stereocenters. The Morgan fingerprint density at radius 3 is 0.821 bits per heavy atom. The molecule has 56 heavy (non-hydrogen) atoms. The Kier molecular flexibility index (Phi) is 9.21. The molecule has 0 aromatic heterocycles. The average Bonchev–Trinajstić information content (AvgIpc) is 3.98. The van der Waals surface area contributed by atoms with Gasteiger partial charge in [0, 0.05) is 69.6 Å². The molecule has 13 rings (SSSR count). The van der Waals surface area contributed by atoms with Crippen LogP contribution < -0.4 is 104 Å². The summed E-state index contributed by atoms with van der Waals surface area (Å²) in [6.45, 7) is 0. The minimum atomic E-state index is -5.56. The van der Waals surface area contributed by atoms with Gasteiger partial charge < -0.3 is 37.8 Å². The Hall–Kier alpha value is -1.61. The van der Waals surface area contributed by atoms with Gasteiger partial charge in [0.2, 0.25) is 0 Å². The Morgan fingerprint density at radius 1 is 0.375 bits per heavy atom. The van der Waals surface area contributed by atoms with E-state index in [-0.39, 0.29) is 134 Å². The third kappa shape index (κ3) is 5.00. The third-order valence-electron chi connectivity index (χ3n) is 14.3. The van der Waals surface area contributed by atoms with Crippen LogP contribution in [0, 0.1) is 0 Å². The maximum absolute atomic E-state index is 12.6. The number of benzene rings is 5. The maximum Gasteiger partial charge on any atom is 1.00 e. The average molecular weight is 750 g/mol. The van der Waals surface area contributed by atoms with Crippen molar-refractivity contribution in [1.82, 2.24) is 0 Å². The van der Waals surface area contributed by atoms with E-state index < -0.39 is 15.6 Å². The Labute approximate surface area is 372 Å². The molecule has 0 radical (unpaired) electrons. The molecular formula is C42H28Li4O8P2. The first-order valence-electron chi connectivity index (χ1n) is 18.2. The monoisotopic (exact) mass is 750 g/mol. The molecule has 0 saturated heterocycles. The number of phosphoric acid groups is 2. The molecule has 5 aromatic rings. The molecule has 0 saturated carbocycles. The van der Waals surface area contributed by atoms with E-state index in [0.29, 0.717) is 35.1 Å². The summed E-state index contributed by atoms with van der Waals surface area (Å²) in [4.78, 5) is 50.4. The summed E-state index contributed by atoms with van der Waals surface area (Å²) in [5.41, 5.74) is 16.6. The number of hydrogen-bond donors (Lipinski definition) is 0. The second-order valence-corrected chi connectivity index (χ2v) is 18.4. The molecule has 0 N–H and O–H groups in total. The molecule has 0 fully saturated rings. The molecule has 8 aliphatic rings. The fourth-order valence-electron chi connectivity index (χ4n) is 12.9. The molecule has 8 nitrogen and oxygen atoms in total. The SMILES string of the molecule is O=P([O-])([O-])Oc1c2c(c(OP(=O)([O-])[O-])c3c1[C@@H]1C[C@H]3c3cc4c(cc31)[C@@H]1C[C@H]4c3ccccc31)[C@H]1C[C@@H]2c2cc3c(cc21)[C@@H]1C[C@H]3c2ccccc21.[Li+].[Li+].[Li+].[Li+]. The van der Waals surface area contributed by atoms with Crippen molar-refractivity contribution in [3.05, 3.63) is 162 Å². The number of rotatable bonds is 4. The van der Waals surface area contributed by atoms with E-state index in [0.717, 1.165) is 35.1 Å². The molecule has 0 heterocycles. The van der Waals surface area contributed by atoms with Gasteiger partial charge in [-0.3, -0.25) is 0 Å². The summed E-state index contributed by atoms with van der Waals surface area (Å²) in [5.74, 6) is -0.203. The van der Waals surface area contributed by atoms with Crippen LogP contribution in [0.3, 0.4) is 0 Å². The summed E-state index contributed by atoms with van der Waals surface area (Å²) in [6, 6.07) is 26.2. The van der Waals surface area contributed by atoms with Crippen LogP contribution in [0.5, 0.6) is 11.5 Å². The van der Waals surface area contributed by atoms with E-state index in [2.05, 4.69) is 72.8 Å². The topological polar surface area (TPSA) is 145 Å². The normalized spacial score (nSPS) is 26.9. The zero-order chi connectivity index (χ0) is 34.7. The smallest absolute Gasteiger partial charge is 0.780 e. The Bertz CT molecular complexity index is 2360. The van der Waals surface area contributed by atoms with Crippen molar-refractivity contribution >= 4 is 15.6 Å². The van der Waals surface area contributed by atoms with Crippen molar-refractivity contribution in [2.24, 2.45) is 0 Å². The minimum absolute atomic E-state index is 0. The van der Waals surface area contributed by atoms with Gasteiger partial charge in [0.1, 0.15) is 27.1 Å². The van der Waals surface area contributed by atoms with Crippen molar-refractivity contribution in [2.75, 3.05) is 0 Å². The quantitative estimate of drug-likeness (QED) is 0.131. The van der Waals surface area contributed by atoms with Gasteiger partial charge in [-0.25, -0.2) is 0 Å². The van der Waals surface area contributed by atoms with Crippen molar-refractivity contribution in [3.8, 4) is 11.5 Å². The van der Waals surface area contributed by atoms with Crippen LogP contribution in [-0.4, -0.2) is 0 Å². The van der Waals surface area contributed by atoms with Crippen LogP contribution in [0.25, 0.3) is 0 Å². The fourth-order valence-corrected chi connectivity index (χ4v) is 13.7. The van der Waals surface area contributed by atoms with Crippen LogP contribution in [0.4, 0.5) is 0 Å². The Balaban J connectivity index is 0.00000102. The second kappa shape index (κ2) is 12.9. The van der Waals surface area contributed by atoms with E-state index in [1.165, 1.54) is 44.5 Å². The van der Waals surface area contributed by atoms with Crippen LogP contribution in [0.15, 0.2) is 72.8 Å². The molecule has 0 aliphatic heterocycles. The standard InChI is InChI=1S/C42H32O8P2.4Li/c43-51(44,45)49-41-37-33-15-34(30-12-26-22-9-21(25(26)11-29(30)33)17-5-1-2-6-18(17)22)38(37)42(50-52(46,47)48)40-36-16-35(39(40)41)31-13-27-23-10-24(28(27)14-32(31)36)20-8-4-3-7-19(20)23;;;;/h1-8,11-14,21-24,33-36H,9-10,15-16H2,(H2,43,44,45)(H2,46,47,48);;;;/q;4*+1/p-4/t21-,22+,23+,24-,33-,34+,35-,36+;;;;. The van der Waals surface area contributed by atoms with Crippen LogP contribution in [0.1, 0.15) is 162 Å². The minimum Gasteiger partial charge on any atom is -0.780 e. The van der Waals surface area contributed by atoms with E-state index >= 15 is 0 Å². The van der Waals surface area contributed by atoms with Gasteiger partial charge in [0.05, 0.1) is 0 Å². The largest absolute Gasteiger partial charge is 1.00 e. The summed E-state index contributed by atoms with van der Waals surface area (Å²) < 4.78 is 36.3. The first kappa shape index (κ1) is 39.8. The summed E-state index contributed by atoms with van der Waals surface area (Å²) in [7, 11) is -11.1. The molecule has 0 amide bonds. The summed E-state index contributed by atoms with van der Waals surface area (Å²) in [5, 5.41) is 0. The molecule has 8 bridgehead atoms. The summed E-state index contributed by atoms with van der Waals surface area (Å²) >= 11 is 0. The zero-order valence-electron chi connectivity index (χ0n) is 31.5. The third-order valence-corrected chi connectivity index (χ3v) is 15.1. The molecular weight excluding hydrogens is 722 g/mol.